The summed E-state index contributed by atoms with van der Waals surface area (Å²) in [6, 6.07) is 48.2. The van der Waals surface area contributed by atoms with Crippen LogP contribution in [0.4, 0.5) is 0 Å². The van der Waals surface area contributed by atoms with Gasteiger partial charge in [-0.1, -0.05) is 91.1 Å². The maximum atomic E-state index is 12.5. The normalized spacial score (nSPS) is 11.5. The summed E-state index contributed by atoms with van der Waals surface area (Å²) in [6.45, 7) is 0. The first-order chi connectivity index (χ1) is 21.9. The molecule has 0 fully saturated rings. The van der Waals surface area contributed by atoms with E-state index in [-0.39, 0.29) is 15.0 Å². The number of hydrogen-bond donors (Lipinski definition) is 0. The zero-order valence-electron chi connectivity index (χ0n) is 23.7. The van der Waals surface area contributed by atoms with Crippen molar-refractivity contribution in [2.45, 2.75) is 0 Å². The molecule has 0 aliphatic carbocycles. The summed E-state index contributed by atoms with van der Waals surface area (Å²) in [7, 11) is -6.49. The Hall–Kier alpha value is -2.35. The monoisotopic (exact) mass is 828 g/mol. The van der Waals surface area contributed by atoms with Crippen LogP contribution in [0.3, 0.4) is 0 Å². The van der Waals surface area contributed by atoms with Gasteiger partial charge in [-0.25, -0.2) is 0 Å². The Balaban J connectivity index is 0.000000189. The summed E-state index contributed by atoms with van der Waals surface area (Å²) in [5, 5.41) is 6.07. The van der Waals surface area contributed by atoms with Crippen LogP contribution in [0, 0.1) is 0 Å². The van der Waals surface area contributed by atoms with Crippen molar-refractivity contribution in [2.24, 2.45) is 0 Å². The van der Waals surface area contributed by atoms with Crippen molar-refractivity contribution in [3.63, 3.8) is 0 Å². The van der Waals surface area contributed by atoms with E-state index < -0.39 is 31.2 Å². The van der Waals surface area contributed by atoms with Crippen molar-refractivity contribution in [2.75, 3.05) is 0 Å². The molecule has 11 heteroatoms. The van der Waals surface area contributed by atoms with Crippen LogP contribution in [0.2, 0.25) is 0 Å². The number of hydrogen-bond acceptors (Lipinski definition) is 4. The molecule has 4 unspecified atom stereocenters. The van der Waals surface area contributed by atoms with Gasteiger partial charge in [0.2, 0.25) is 0 Å². The molecule has 0 saturated heterocycles. The van der Waals surface area contributed by atoms with E-state index in [2.05, 4.69) is 26.3 Å². The van der Waals surface area contributed by atoms with Crippen LogP contribution in [0.15, 0.2) is 158 Å². The fraction of sp³-hybridized carbons (Fsp3) is 0. The maximum absolute atomic E-state index is 12.5. The summed E-state index contributed by atoms with van der Waals surface area (Å²) in [4.78, 5) is 0. The molecule has 4 atom stereocenters. The summed E-state index contributed by atoms with van der Waals surface area (Å²) < 4.78 is 49.9. The third-order valence-corrected chi connectivity index (χ3v) is 12.4. The molecule has 0 N–H and O–H groups in total. The number of benzene rings is 4. The first-order valence-electron chi connectivity index (χ1n) is 13.5. The Kier molecular flexibility index (Phi) is 14.8. The summed E-state index contributed by atoms with van der Waals surface area (Å²) in [5.41, 5.74) is 0. The van der Waals surface area contributed by atoms with Crippen molar-refractivity contribution in [1.82, 2.24) is 0 Å². The average Bonchev–Trinajstić information content (AvgIpc) is 3.81. The van der Waals surface area contributed by atoms with Crippen LogP contribution < -0.4 is 42.4 Å². The van der Waals surface area contributed by atoms with Crippen LogP contribution in [0.25, 0.3) is 0 Å². The molecule has 4 nitrogen and oxygen atoms in total. The summed E-state index contributed by atoms with van der Waals surface area (Å²) in [5.74, 6) is 0. The van der Waals surface area contributed by atoms with Crippen molar-refractivity contribution in [3.8, 4) is 0 Å². The zero-order valence-corrected chi connectivity index (χ0v) is 32.0. The molecule has 6 aromatic rings. The van der Waals surface area contributed by atoms with Gasteiger partial charge in [0.15, 0.2) is 21.2 Å². The summed E-state index contributed by atoms with van der Waals surface area (Å²) >= 11 is 6.50. The predicted octanol–water partition coefficient (Wildman–Crippen LogP) is 7.61. The second kappa shape index (κ2) is 18.7. The van der Waals surface area contributed by atoms with E-state index in [0.29, 0.717) is 0 Å². The van der Waals surface area contributed by atoms with Gasteiger partial charge in [-0.05, 0) is 48.5 Å². The Morgan fingerprint density at radius 1 is 0.400 bits per heavy atom. The van der Waals surface area contributed by atoms with E-state index in [1.54, 1.807) is 36.4 Å². The molecule has 0 aliphatic heterocycles. The molecule has 0 heterocycles. The number of halogens is 2. The third kappa shape index (κ3) is 10.3. The Morgan fingerprint density at radius 3 is 0.911 bits per heavy atom. The average molecular weight is 830 g/mol. The van der Waals surface area contributed by atoms with Crippen molar-refractivity contribution in [3.05, 3.63) is 158 Å². The van der Waals surface area contributed by atoms with Crippen molar-refractivity contribution in [1.29, 1.82) is 0 Å². The molecular weight excluding hydrogens is 804 g/mol. The molecule has 6 aromatic carbocycles. The first-order valence-corrected chi connectivity index (χ1v) is 26.3. The molecule has 0 aliphatic rings. The predicted molar refractivity (Wildman–Crippen MR) is 195 cm³/mol. The van der Waals surface area contributed by atoms with Gasteiger partial charge in [-0.3, -0.25) is 0 Å². The van der Waals surface area contributed by atoms with Gasteiger partial charge in [0.25, 0.3) is 0 Å². The fourth-order valence-electron chi connectivity index (χ4n) is 4.19. The van der Waals surface area contributed by atoms with Crippen molar-refractivity contribution >= 4 is 100.0 Å². The minimum absolute atomic E-state index is 0.125. The minimum atomic E-state index is -1.62. The van der Waals surface area contributed by atoms with Gasteiger partial charge < -0.3 is 0 Å². The SMILES string of the molecule is O=[P+](c1ccccc1)c1c[cH-]c([P+](=O)c2ccccc2)c1.O=[P+](c1ccccc1)c1c[cH-]c([P+](=O)c2ccccc2)c1.[Br][Ti][Br]. The van der Waals surface area contributed by atoms with E-state index in [1.165, 1.54) is 0 Å². The van der Waals surface area contributed by atoms with E-state index in [4.69, 9.17) is 0 Å². The van der Waals surface area contributed by atoms with Gasteiger partial charge in [-0.15, -0.1) is 36.4 Å². The van der Waals surface area contributed by atoms with Gasteiger partial charge >= 0.3 is 72.5 Å². The molecule has 222 valence electrons. The molecule has 0 radical (unpaired) electrons. The molecule has 6 rings (SSSR count). The quantitative estimate of drug-likeness (QED) is 0.0901. The molecule has 0 bridgehead atoms. The first kappa shape index (κ1) is 35.5. The van der Waals surface area contributed by atoms with E-state index in [9.17, 15) is 18.3 Å². The second-order valence-electron chi connectivity index (χ2n) is 9.25. The van der Waals surface area contributed by atoms with E-state index in [0.717, 1.165) is 42.4 Å². The van der Waals surface area contributed by atoms with Crippen LogP contribution in [-0.4, -0.2) is 0 Å². The van der Waals surface area contributed by atoms with Crippen molar-refractivity contribution < 1.29 is 33.2 Å². The molecule has 0 spiro atoms. The fourth-order valence-corrected chi connectivity index (χ4v) is 9.23. The third-order valence-electron chi connectivity index (χ3n) is 6.34. The van der Waals surface area contributed by atoms with E-state index in [1.807, 2.05) is 121 Å². The standard InChI is InChI=1S/2C17H13O2P2.2BrH.Ti/c2*18-20(14-7-3-1-4-8-14)16-11-12-17(13-16)21(19)15-9-5-2-6-10-15;;;/h2*1-13H;2*1H;/q2*+1;;;+2/p-2. The molecule has 0 aromatic heterocycles. The van der Waals surface area contributed by atoms with E-state index >= 15 is 0 Å². The van der Waals surface area contributed by atoms with Crippen LogP contribution in [0.5, 0.6) is 0 Å². The van der Waals surface area contributed by atoms with Gasteiger partial charge in [0, 0.05) is 0 Å². The van der Waals surface area contributed by atoms with Crippen LogP contribution in [0.1, 0.15) is 0 Å². The molecule has 0 amide bonds. The molecule has 45 heavy (non-hydrogen) atoms. The molecular formula is C34H26Br2O4P4Ti+2. The summed E-state index contributed by atoms with van der Waals surface area (Å²) in [6.07, 6.45) is 0. The van der Waals surface area contributed by atoms with Gasteiger partial charge in [0.05, 0.1) is 21.2 Å². The van der Waals surface area contributed by atoms with Crippen LogP contribution >= 0.6 is 57.5 Å². The van der Waals surface area contributed by atoms with Gasteiger partial charge in [0.1, 0.15) is 0 Å². The zero-order chi connectivity index (χ0) is 32.0. The van der Waals surface area contributed by atoms with Gasteiger partial charge in [-0.2, -0.15) is 0 Å². The second-order valence-corrected chi connectivity index (χ2v) is 23.6. The number of rotatable bonds is 8. The van der Waals surface area contributed by atoms with Crippen LogP contribution in [-0.2, 0) is 33.2 Å². The topological polar surface area (TPSA) is 68.3 Å². The molecule has 0 saturated carbocycles. The Bertz CT molecular complexity index is 1590. The Labute approximate surface area is 288 Å². The Morgan fingerprint density at radius 2 is 0.644 bits per heavy atom.